The molecule has 0 atom stereocenters. The van der Waals surface area contributed by atoms with Gasteiger partial charge < -0.3 is 5.32 Å². The third kappa shape index (κ3) is 2.18. The van der Waals surface area contributed by atoms with Crippen LogP contribution in [0.4, 0.5) is 0 Å². The summed E-state index contributed by atoms with van der Waals surface area (Å²) < 4.78 is 0. The molecule has 0 radical (unpaired) electrons. The van der Waals surface area contributed by atoms with Gasteiger partial charge in [-0.15, -0.1) is 0 Å². The van der Waals surface area contributed by atoms with Crippen LogP contribution < -0.4 is 5.32 Å². The van der Waals surface area contributed by atoms with Gasteiger partial charge in [-0.2, -0.15) is 0 Å². The number of hydrogen-bond donors (Lipinski definition) is 1. The molecule has 0 fully saturated rings. The second-order valence-corrected chi connectivity index (χ2v) is 4.19. The van der Waals surface area contributed by atoms with Gasteiger partial charge in [-0.1, -0.05) is 36.4 Å². The molecular weight excluding hydrogens is 220 g/mol. The number of pyridine rings is 1. The minimum Gasteiger partial charge on any atom is -0.381 e. The molecule has 0 spiro atoms. The van der Waals surface area contributed by atoms with Crippen LogP contribution in [-0.2, 0) is 0 Å². The lowest BCUT2D eigenvalue weighted by atomic mass is 10.0. The van der Waals surface area contributed by atoms with E-state index in [-0.39, 0.29) is 0 Å². The molecule has 0 aliphatic carbocycles. The summed E-state index contributed by atoms with van der Waals surface area (Å²) in [5.41, 5.74) is 4.51. The Kier molecular flexibility index (Phi) is 2.92. The Labute approximate surface area is 107 Å². The number of nitrogens with one attached hydrogen (secondary N) is 1. The van der Waals surface area contributed by atoms with Crippen LogP contribution in [0, 0.1) is 0 Å². The molecule has 88 valence electrons. The van der Waals surface area contributed by atoms with Crippen LogP contribution in [0.3, 0.4) is 0 Å². The third-order valence-corrected chi connectivity index (χ3v) is 2.94. The minimum atomic E-state index is 0.889. The first-order chi connectivity index (χ1) is 8.93. The highest BCUT2D eigenvalue weighted by atomic mass is 14.9. The van der Waals surface area contributed by atoms with Crippen molar-refractivity contribution in [2.24, 2.45) is 0 Å². The summed E-state index contributed by atoms with van der Waals surface area (Å²) in [6.07, 6.45) is 8.11. The SMILES string of the molecule is C1=CCNC(c2cccc(-c3ccccn3)c2)=C1. The summed E-state index contributed by atoms with van der Waals surface area (Å²) in [5, 5.41) is 3.37. The molecule has 1 aromatic heterocycles. The summed E-state index contributed by atoms with van der Waals surface area (Å²) in [4.78, 5) is 4.38. The van der Waals surface area contributed by atoms with Crippen LogP contribution in [0.25, 0.3) is 17.0 Å². The highest BCUT2D eigenvalue weighted by molar-refractivity contribution is 5.71. The fourth-order valence-corrected chi connectivity index (χ4v) is 2.04. The van der Waals surface area contributed by atoms with Crippen molar-refractivity contribution >= 4 is 5.70 Å². The number of rotatable bonds is 2. The zero-order chi connectivity index (χ0) is 12.2. The zero-order valence-electron chi connectivity index (χ0n) is 10.0. The fraction of sp³-hybridized carbons (Fsp3) is 0.0625. The van der Waals surface area contributed by atoms with E-state index in [1.54, 1.807) is 0 Å². The maximum Gasteiger partial charge on any atom is 0.0702 e. The molecule has 2 aromatic rings. The number of dihydropyridines is 1. The van der Waals surface area contributed by atoms with E-state index in [4.69, 9.17) is 0 Å². The van der Waals surface area contributed by atoms with Gasteiger partial charge in [-0.25, -0.2) is 0 Å². The quantitative estimate of drug-likeness (QED) is 0.862. The van der Waals surface area contributed by atoms with E-state index in [2.05, 4.69) is 52.8 Å². The Morgan fingerprint density at radius 1 is 1.00 bits per heavy atom. The molecule has 1 aliphatic rings. The van der Waals surface area contributed by atoms with Crippen molar-refractivity contribution < 1.29 is 0 Å². The van der Waals surface area contributed by atoms with Crippen LogP contribution in [0.5, 0.6) is 0 Å². The molecule has 2 heteroatoms. The van der Waals surface area contributed by atoms with Crippen molar-refractivity contribution in [3.63, 3.8) is 0 Å². The fourth-order valence-electron chi connectivity index (χ4n) is 2.04. The molecule has 0 saturated carbocycles. The van der Waals surface area contributed by atoms with Crippen LogP contribution >= 0.6 is 0 Å². The standard InChI is InChI=1S/C16H14N2/c1-3-10-17-15(8-1)13-6-5-7-14(12-13)16-9-2-4-11-18-16/h1-10,12,18H,11H2. The van der Waals surface area contributed by atoms with Crippen LogP contribution in [0.1, 0.15) is 5.56 Å². The summed E-state index contributed by atoms with van der Waals surface area (Å²) in [6.45, 7) is 0.889. The number of allylic oxidation sites excluding steroid dienone is 2. The Hall–Kier alpha value is -2.35. The monoisotopic (exact) mass is 234 g/mol. The summed E-state index contributed by atoms with van der Waals surface area (Å²) in [7, 11) is 0. The van der Waals surface area contributed by atoms with Gasteiger partial charge in [0.15, 0.2) is 0 Å². The highest BCUT2D eigenvalue weighted by Crippen LogP contribution is 2.21. The van der Waals surface area contributed by atoms with Crippen molar-refractivity contribution in [1.82, 2.24) is 10.3 Å². The number of hydrogen-bond acceptors (Lipinski definition) is 2. The molecule has 0 unspecified atom stereocenters. The number of benzene rings is 1. The maximum atomic E-state index is 4.38. The Morgan fingerprint density at radius 2 is 1.94 bits per heavy atom. The topological polar surface area (TPSA) is 24.9 Å². The molecule has 3 rings (SSSR count). The van der Waals surface area contributed by atoms with Crippen molar-refractivity contribution in [2.45, 2.75) is 0 Å². The highest BCUT2D eigenvalue weighted by Gasteiger charge is 2.04. The van der Waals surface area contributed by atoms with E-state index >= 15 is 0 Å². The Bertz CT molecular complexity index is 598. The van der Waals surface area contributed by atoms with Crippen LogP contribution in [-0.4, -0.2) is 11.5 Å². The summed E-state index contributed by atoms with van der Waals surface area (Å²) in [5.74, 6) is 0. The van der Waals surface area contributed by atoms with Gasteiger partial charge in [0.2, 0.25) is 0 Å². The molecule has 0 amide bonds. The second-order valence-electron chi connectivity index (χ2n) is 4.19. The average Bonchev–Trinajstić information content (AvgIpc) is 2.49. The van der Waals surface area contributed by atoms with E-state index < -0.39 is 0 Å². The third-order valence-electron chi connectivity index (χ3n) is 2.94. The van der Waals surface area contributed by atoms with Crippen molar-refractivity contribution in [3.05, 3.63) is 72.5 Å². The van der Waals surface area contributed by atoms with E-state index in [0.29, 0.717) is 0 Å². The minimum absolute atomic E-state index is 0.889. The molecule has 1 aromatic carbocycles. The van der Waals surface area contributed by atoms with Crippen LogP contribution in [0.2, 0.25) is 0 Å². The molecule has 0 bridgehead atoms. The molecule has 2 heterocycles. The van der Waals surface area contributed by atoms with Gasteiger partial charge in [-0.3, -0.25) is 4.98 Å². The smallest absolute Gasteiger partial charge is 0.0702 e. The van der Waals surface area contributed by atoms with Crippen molar-refractivity contribution in [1.29, 1.82) is 0 Å². The van der Waals surface area contributed by atoms with Crippen molar-refractivity contribution in [2.75, 3.05) is 6.54 Å². The molecule has 18 heavy (non-hydrogen) atoms. The molecular formula is C16H14N2. The largest absolute Gasteiger partial charge is 0.381 e. The molecule has 1 N–H and O–H groups in total. The summed E-state index contributed by atoms with van der Waals surface area (Å²) in [6, 6.07) is 14.4. The molecule has 2 nitrogen and oxygen atoms in total. The zero-order valence-corrected chi connectivity index (χ0v) is 10.0. The van der Waals surface area contributed by atoms with Gasteiger partial charge in [0.05, 0.1) is 5.69 Å². The Balaban J connectivity index is 1.99. The van der Waals surface area contributed by atoms with E-state index in [9.17, 15) is 0 Å². The number of aromatic nitrogens is 1. The lowest BCUT2D eigenvalue weighted by molar-refractivity contribution is 0.996. The molecule has 1 aliphatic heterocycles. The van der Waals surface area contributed by atoms with Gasteiger partial charge in [0.25, 0.3) is 0 Å². The van der Waals surface area contributed by atoms with E-state index in [0.717, 1.165) is 23.5 Å². The lowest BCUT2D eigenvalue weighted by Gasteiger charge is -2.13. The first-order valence-corrected chi connectivity index (χ1v) is 6.06. The predicted molar refractivity (Wildman–Crippen MR) is 74.8 cm³/mol. The van der Waals surface area contributed by atoms with E-state index in [1.807, 2.05) is 24.4 Å². The normalized spacial score (nSPS) is 13.9. The first-order valence-electron chi connectivity index (χ1n) is 6.06. The Morgan fingerprint density at radius 3 is 2.72 bits per heavy atom. The van der Waals surface area contributed by atoms with Crippen molar-refractivity contribution in [3.8, 4) is 11.3 Å². The van der Waals surface area contributed by atoms with Gasteiger partial charge in [0, 0.05) is 24.0 Å². The van der Waals surface area contributed by atoms with Gasteiger partial charge in [-0.05, 0) is 29.8 Å². The molecule has 0 saturated heterocycles. The number of nitrogens with zero attached hydrogens (tertiary/aromatic N) is 1. The first kappa shape index (κ1) is 10.8. The summed E-state index contributed by atoms with van der Waals surface area (Å²) >= 11 is 0. The predicted octanol–water partition coefficient (Wildman–Crippen LogP) is 3.25. The second kappa shape index (κ2) is 4.88. The van der Waals surface area contributed by atoms with Gasteiger partial charge >= 0.3 is 0 Å². The van der Waals surface area contributed by atoms with E-state index in [1.165, 1.54) is 5.56 Å². The maximum absolute atomic E-state index is 4.38. The van der Waals surface area contributed by atoms with Crippen LogP contribution in [0.15, 0.2) is 66.9 Å². The van der Waals surface area contributed by atoms with Gasteiger partial charge in [0.1, 0.15) is 0 Å². The lowest BCUT2D eigenvalue weighted by Crippen LogP contribution is -2.14. The average molecular weight is 234 g/mol.